The van der Waals surface area contributed by atoms with Gasteiger partial charge in [-0.15, -0.1) is 11.8 Å². The number of rotatable bonds is 22. The summed E-state index contributed by atoms with van der Waals surface area (Å²) in [5, 5.41) is 4.28. The molecular weight excluding hydrogens is 974 g/mol. The number of piperazine rings is 1. The van der Waals surface area contributed by atoms with Crippen LogP contribution in [0.3, 0.4) is 0 Å². The SMILES string of the molecule is CCOP(CC1CCN(CCC(CSc2ccccc2)Nc2ccc(SNC(=O)c3ccc(N4CCN(CC5=C(c6ccc(Cl)cc6)CCC(C)(C)C5)CC4)cc3)cc2SC(F)(F)F)CC1)OCC. The maximum Gasteiger partial charge on any atom is 0.446 e. The van der Waals surface area contributed by atoms with Crippen molar-refractivity contribution >= 4 is 78.3 Å². The van der Waals surface area contributed by atoms with Crippen molar-refractivity contribution in [3.05, 3.63) is 119 Å². The van der Waals surface area contributed by atoms with Crippen molar-refractivity contribution in [1.29, 1.82) is 0 Å². The Bertz CT molecular complexity index is 2260. The highest BCUT2D eigenvalue weighted by Gasteiger charge is 2.32. The van der Waals surface area contributed by atoms with Crippen LogP contribution in [0.15, 0.2) is 117 Å². The fraction of sp³-hybridized carbons (Fsp3) is 0.491. The largest absolute Gasteiger partial charge is 0.446 e. The summed E-state index contributed by atoms with van der Waals surface area (Å²) in [6, 6.07) is 30.9. The van der Waals surface area contributed by atoms with Crippen LogP contribution in [-0.4, -0.2) is 105 Å². The van der Waals surface area contributed by atoms with Crippen molar-refractivity contribution in [1.82, 2.24) is 14.5 Å². The van der Waals surface area contributed by atoms with Gasteiger partial charge in [-0.25, -0.2) is 0 Å². The lowest BCUT2D eigenvalue weighted by Gasteiger charge is -2.39. The van der Waals surface area contributed by atoms with Crippen LogP contribution < -0.4 is 14.9 Å². The summed E-state index contributed by atoms with van der Waals surface area (Å²) in [6.45, 7) is 17.5. The zero-order valence-electron chi connectivity index (χ0n) is 40.4. The zero-order chi connectivity index (χ0) is 48.8. The maximum absolute atomic E-state index is 14.1. The molecule has 4 aromatic rings. The van der Waals surface area contributed by atoms with E-state index >= 15 is 0 Å². The Morgan fingerprint density at radius 2 is 1.57 bits per heavy atom. The van der Waals surface area contributed by atoms with E-state index in [0.717, 1.165) is 118 Å². The zero-order valence-corrected chi connectivity index (χ0v) is 44.5. The average molecular weight is 1040 g/mol. The van der Waals surface area contributed by atoms with Crippen LogP contribution >= 0.6 is 55.4 Å². The fourth-order valence-electron chi connectivity index (χ4n) is 9.38. The molecule has 2 N–H and O–H groups in total. The number of carbonyl (C=O) groups is 1. The number of hydrogen-bond donors (Lipinski definition) is 2. The van der Waals surface area contributed by atoms with Gasteiger partial charge in [0.05, 0.1) is 13.2 Å². The molecule has 16 heteroatoms. The van der Waals surface area contributed by atoms with E-state index in [1.165, 1.54) is 29.2 Å². The molecule has 374 valence electrons. The molecule has 8 nitrogen and oxygen atoms in total. The maximum atomic E-state index is 14.1. The van der Waals surface area contributed by atoms with E-state index in [0.29, 0.717) is 41.0 Å². The van der Waals surface area contributed by atoms with E-state index in [-0.39, 0.29) is 34.0 Å². The smallest absolute Gasteiger partial charge is 0.381 e. The summed E-state index contributed by atoms with van der Waals surface area (Å²) < 4.78 is 56.9. The highest BCUT2D eigenvalue weighted by molar-refractivity contribution is 8.00. The molecule has 2 heterocycles. The molecule has 69 heavy (non-hydrogen) atoms. The first-order valence-electron chi connectivity index (χ1n) is 24.3. The molecule has 2 fully saturated rings. The molecule has 0 radical (unpaired) electrons. The summed E-state index contributed by atoms with van der Waals surface area (Å²) in [5.41, 5.74) is 2.03. The third kappa shape index (κ3) is 17.1. The van der Waals surface area contributed by atoms with E-state index in [1.54, 1.807) is 23.9 Å². The van der Waals surface area contributed by atoms with Gasteiger partial charge in [-0.3, -0.25) is 14.4 Å². The van der Waals surface area contributed by atoms with Crippen molar-refractivity contribution in [2.24, 2.45) is 11.3 Å². The predicted molar refractivity (Wildman–Crippen MR) is 286 cm³/mol. The number of benzene rings is 4. The molecule has 0 bridgehead atoms. The van der Waals surface area contributed by atoms with Crippen LogP contribution in [0.25, 0.3) is 5.57 Å². The number of allylic oxidation sites excluding steroid dienone is 1. The number of alkyl halides is 3. The van der Waals surface area contributed by atoms with Gasteiger partial charge in [-0.1, -0.05) is 61.4 Å². The van der Waals surface area contributed by atoms with Crippen LogP contribution in [-0.2, 0) is 9.05 Å². The lowest BCUT2D eigenvalue weighted by Crippen LogP contribution is -2.47. The van der Waals surface area contributed by atoms with Crippen LogP contribution in [0, 0.1) is 11.3 Å². The summed E-state index contributed by atoms with van der Waals surface area (Å²) in [5.74, 6) is 0.943. The summed E-state index contributed by atoms with van der Waals surface area (Å²) >= 11 is 8.82. The molecule has 0 aromatic heterocycles. The third-order valence-corrected chi connectivity index (χ3v) is 18.0. The molecule has 7 rings (SSSR count). The van der Waals surface area contributed by atoms with Crippen molar-refractivity contribution < 1.29 is 27.0 Å². The monoisotopic (exact) mass is 1040 g/mol. The highest BCUT2D eigenvalue weighted by Crippen LogP contribution is 2.45. The minimum Gasteiger partial charge on any atom is -0.381 e. The van der Waals surface area contributed by atoms with Gasteiger partial charge in [0.1, 0.15) is 0 Å². The van der Waals surface area contributed by atoms with Crippen molar-refractivity contribution in [3.63, 3.8) is 0 Å². The van der Waals surface area contributed by atoms with Gasteiger partial charge in [0.2, 0.25) is 0 Å². The Balaban J connectivity index is 0.930. The van der Waals surface area contributed by atoms with E-state index in [1.807, 2.05) is 68.4 Å². The topological polar surface area (TPSA) is 69.3 Å². The number of piperidine rings is 1. The van der Waals surface area contributed by atoms with Gasteiger partial charge in [0.25, 0.3) is 5.91 Å². The van der Waals surface area contributed by atoms with Gasteiger partial charge in [-0.2, -0.15) is 13.2 Å². The second-order valence-electron chi connectivity index (χ2n) is 18.9. The lowest BCUT2D eigenvalue weighted by molar-refractivity contribution is -0.0328. The third-order valence-electron chi connectivity index (χ3n) is 13.1. The fourth-order valence-corrected chi connectivity index (χ4v) is 13.5. The Hall–Kier alpha value is -2.91. The number of thioether (sulfide) groups is 2. The predicted octanol–water partition coefficient (Wildman–Crippen LogP) is 14.2. The number of nitrogens with one attached hydrogen (secondary N) is 2. The van der Waals surface area contributed by atoms with Gasteiger partial charge in [0, 0.05) is 93.9 Å². The Labute approximate surface area is 427 Å². The minimum atomic E-state index is -4.49. The number of nitrogens with zero attached hydrogens (tertiary/aromatic N) is 3. The van der Waals surface area contributed by atoms with Gasteiger partial charge >= 0.3 is 5.51 Å². The first kappa shape index (κ1) is 53.9. The Morgan fingerprint density at radius 3 is 2.23 bits per heavy atom. The van der Waals surface area contributed by atoms with Gasteiger partial charge in [-0.05, 0) is 178 Å². The van der Waals surface area contributed by atoms with E-state index in [9.17, 15) is 18.0 Å². The number of halogens is 4. The number of likely N-dealkylation sites (tertiary alicyclic amines) is 1. The van der Waals surface area contributed by atoms with E-state index in [4.69, 9.17) is 20.6 Å². The first-order valence-corrected chi connectivity index (χ1v) is 28.7. The average Bonchev–Trinajstić information content (AvgIpc) is 3.33. The Morgan fingerprint density at radius 1 is 0.870 bits per heavy atom. The molecule has 2 saturated heterocycles. The molecule has 1 amide bonds. The van der Waals surface area contributed by atoms with Crippen LogP contribution in [0.4, 0.5) is 24.5 Å². The van der Waals surface area contributed by atoms with Gasteiger partial charge in [0.15, 0.2) is 8.38 Å². The molecule has 1 unspecified atom stereocenters. The molecule has 0 saturated carbocycles. The molecule has 1 aliphatic carbocycles. The summed E-state index contributed by atoms with van der Waals surface area (Å²) in [6.07, 6.45) is 7.23. The molecule has 1 atom stereocenters. The number of anilines is 2. The van der Waals surface area contributed by atoms with Crippen LogP contribution in [0.1, 0.15) is 82.1 Å². The Kier molecular flexibility index (Phi) is 20.4. The molecule has 0 spiro atoms. The normalized spacial score (nSPS) is 17.9. The van der Waals surface area contributed by atoms with E-state index in [2.05, 4.69) is 62.9 Å². The number of amides is 1. The van der Waals surface area contributed by atoms with Gasteiger partial charge < -0.3 is 24.2 Å². The van der Waals surface area contributed by atoms with E-state index < -0.39 is 13.9 Å². The second kappa shape index (κ2) is 26.2. The standard InChI is InChI=1S/C53H68ClF3N5O3PS3/c1-5-64-66(65-6-2)37-39-23-27-60(28-24-39)29-25-44(38-67-46-10-8-7-9-11-46)58-49-21-20-47(34-50(49)68-53(55,56)57)69-59-51(63)41-14-18-45(19-15-41)62-32-30-61(31-33-62)36-42-35-52(3,4)26-22-48(42)40-12-16-43(54)17-13-40/h7-21,34,39,44,58H,5-6,22-33,35-38H2,1-4H3,(H,59,63). The van der Waals surface area contributed by atoms with Crippen LogP contribution in [0.5, 0.6) is 0 Å². The number of carbonyl (C=O) groups excluding carboxylic acids is 1. The summed E-state index contributed by atoms with van der Waals surface area (Å²) in [4.78, 5) is 22.5. The molecule has 3 aliphatic rings. The summed E-state index contributed by atoms with van der Waals surface area (Å²) in [7, 11) is -0.859. The number of hydrogen-bond acceptors (Lipinski definition) is 10. The molecule has 2 aliphatic heterocycles. The molecule has 4 aromatic carbocycles. The van der Waals surface area contributed by atoms with Crippen molar-refractivity contribution in [3.8, 4) is 0 Å². The van der Waals surface area contributed by atoms with Crippen molar-refractivity contribution in [2.45, 2.75) is 92.5 Å². The minimum absolute atomic E-state index is 0.0723. The molecular formula is C53H68ClF3N5O3PS3. The lowest BCUT2D eigenvalue weighted by atomic mass is 9.73. The quantitative estimate of drug-likeness (QED) is 0.0452. The second-order valence-corrected chi connectivity index (χ2v) is 23.9. The van der Waals surface area contributed by atoms with Crippen molar-refractivity contribution in [2.75, 3.05) is 87.7 Å². The van der Waals surface area contributed by atoms with Crippen LogP contribution in [0.2, 0.25) is 5.02 Å². The first-order chi connectivity index (χ1) is 33.2. The highest BCUT2D eigenvalue weighted by atomic mass is 35.5.